The van der Waals surface area contributed by atoms with Gasteiger partial charge in [0.2, 0.25) is 5.91 Å². The minimum Gasteiger partial charge on any atom is -0.292 e. The highest BCUT2D eigenvalue weighted by Gasteiger charge is 2.23. The average molecular weight is 195 g/mol. The highest BCUT2D eigenvalue weighted by molar-refractivity contribution is 5.90. The van der Waals surface area contributed by atoms with Gasteiger partial charge in [-0.2, -0.15) is 4.80 Å². The van der Waals surface area contributed by atoms with Crippen LogP contribution in [0.5, 0.6) is 0 Å². The van der Waals surface area contributed by atoms with E-state index >= 15 is 0 Å². The summed E-state index contributed by atoms with van der Waals surface area (Å²) in [6, 6.07) is 0. The van der Waals surface area contributed by atoms with E-state index < -0.39 is 0 Å². The Balaban J connectivity index is 1.93. The molecule has 0 aliphatic heterocycles. The first-order valence-corrected chi connectivity index (χ1v) is 4.80. The molecule has 2 rings (SSSR count). The molecule has 0 spiro atoms. The molecule has 0 saturated heterocycles. The molecule has 0 aromatic carbocycles. The van der Waals surface area contributed by atoms with Crippen molar-refractivity contribution in [3.05, 3.63) is 0 Å². The predicted octanol–water partition coefficient (Wildman–Crippen LogP) is 0.339. The zero-order valence-electron chi connectivity index (χ0n) is 8.10. The van der Waals surface area contributed by atoms with Crippen LogP contribution in [0.25, 0.3) is 0 Å². The maximum atomic E-state index is 11.6. The fraction of sp³-hybridized carbons (Fsp3) is 0.750. The number of hydrogen-bond acceptors (Lipinski definition) is 4. The van der Waals surface area contributed by atoms with Gasteiger partial charge in [-0.05, 0) is 18.1 Å². The number of carbonyl (C=O) groups is 1. The Morgan fingerprint density at radius 1 is 1.50 bits per heavy atom. The van der Waals surface area contributed by atoms with E-state index in [-0.39, 0.29) is 11.8 Å². The first kappa shape index (κ1) is 9.11. The van der Waals surface area contributed by atoms with Crippen molar-refractivity contribution < 1.29 is 4.79 Å². The van der Waals surface area contributed by atoms with Crippen molar-refractivity contribution in [2.24, 2.45) is 13.0 Å². The summed E-state index contributed by atoms with van der Waals surface area (Å²) in [5.74, 6) is 0.457. The van der Waals surface area contributed by atoms with Crippen LogP contribution in [0.15, 0.2) is 0 Å². The van der Waals surface area contributed by atoms with Gasteiger partial charge in [-0.1, -0.05) is 17.9 Å². The Bertz CT molecular complexity index is 328. The molecule has 1 saturated carbocycles. The van der Waals surface area contributed by atoms with Crippen molar-refractivity contribution in [3.8, 4) is 0 Å². The second-order valence-electron chi connectivity index (χ2n) is 3.57. The number of tetrazole rings is 1. The lowest BCUT2D eigenvalue weighted by Crippen LogP contribution is -2.21. The Labute approximate surface area is 81.7 Å². The molecule has 1 aliphatic rings. The summed E-state index contributed by atoms with van der Waals surface area (Å²) in [6.07, 6.45) is 4.25. The van der Waals surface area contributed by atoms with Crippen molar-refractivity contribution in [2.45, 2.75) is 25.7 Å². The summed E-state index contributed by atoms with van der Waals surface area (Å²) in [6.45, 7) is 0. The second kappa shape index (κ2) is 3.73. The molecule has 6 heteroatoms. The fourth-order valence-electron chi connectivity index (χ4n) is 1.73. The van der Waals surface area contributed by atoms with Crippen LogP contribution < -0.4 is 5.32 Å². The number of aryl methyl sites for hydroxylation is 1. The van der Waals surface area contributed by atoms with Crippen molar-refractivity contribution in [2.75, 3.05) is 5.32 Å². The molecule has 1 aromatic heterocycles. The quantitative estimate of drug-likeness (QED) is 0.738. The third-order valence-corrected chi connectivity index (χ3v) is 2.47. The molecule has 1 aliphatic carbocycles. The van der Waals surface area contributed by atoms with Gasteiger partial charge >= 0.3 is 0 Å². The summed E-state index contributed by atoms with van der Waals surface area (Å²) in [5, 5.41) is 13.9. The molecule has 1 aromatic rings. The maximum absolute atomic E-state index is 11.6. The zero-order valence-corrected chi connectivity index (χ0v) is 8.10. The number of hydrogen-bond donors (Lipinski definition) is 1. The van der Waals surface area contributed by atoms with Gasteiger partial charge in [-0.25, -0.2) is 0 Å². The van der Waals surface area contributed by atoms with Gasteiger partial charge in [0.15, 0.2) is 0 Å². The van der Waals surface area contributed by atoms with Crippen LogP contribution in [0.3, 0.4) is 0 Å². The molecule has 14 heavy (non-hydrogen) atoms. The first-order chi connectivity index (χ1) is 6.75. The normalized spacial score (nSPS) is 17.2. The predicted molar refractivity (Wildman–Crippen MR) is 49.4 cm³/mol. The molecule has 1 amide bonds. The van der Waals surface area contributed by atoms with E-state index in [1.165, 1.54) is 4.80 Å². The first-order valence-electron chi connectivity index (χ1n) is 4.80. The Morgan fingerprint density at radius 3 is 2.79 bits per heavy atom. The highest BCUT2D eigenvalue weighted by Crippen LogP contribution is 2.25. The van der Waals surface area contributed by atoms with Crippen molar-refractivity contribution in [1.29, 1.82) is 0 Å². The molecular formula is C8H13N5O. The minimum absolute atomic E-state index is 0.0236. The number of rotatable bonds is 2. The number of nitrogens with one attached hydrogen (secondary N) is 1. The van der Waals surface area contributed by atoms with E-state index in [2.05, 4.69) is 20.7 Å². The van der Waals surface area contributed by atoms with Crippen LogP contribution in [-0.4, -0.2) is 26.1 Å². The number of aromatic nitrogens is 4. The second-order valence-corrected chi connectivity index (χ2v) is 3.57. The largest absolute Gasteiger partial charge is 0.292 e. The van der Waals surface area contributed by atoms with E-state index in [1.54, 1.807) is 7.05 Å². The van der Waals surface area contributed by atoms with Gasteiger partial charge in [-0.15, -0.1) is 5.10 Å². The number of amides is 1. The summed E-state index contributed by atoms with van der Waals surface area (Å²) in [7, 11) is 1.66. The smallest absolute Gasteiger partial charge is 0.270 e. The summed E-state index contributed by atoms with van der Waals surface area (Å²) < 4.78 is 0. The van der Waals surface area contributed by atoms with Crippen LogP contribution in [0.4, 0.5) is 5.95 Å². The van der Waals surface area contributed by atoms with E-state index in [4.69, 9.17) is 0 Å². The van der Waals surface area contributed by atoms with Crippen molar-refractivity contribution >= 4 is 11.9 Å². The monoisotopic (exact) mass is 195 g/mol. The fourth-order valence-corrected chi connectivity index (χ4v) is 1.73. The third-order valence-electron chi connectivity index (χ3n) is 2.47. The number of carbonyl (C=O) groups excluding carboxylic acids is 1. The van der Waals surface area contributed by atoms with E-state index in [0.717, 1.165) is 25.7 Å². The lowest BCUT2D eigenvalue weighted by atomic mass is 10.1. The van der Waals surface area contributed by atoms with Crippen LogP contribution >= 0.6 is 0 Å². The summed E-state index contributed by atoms with van der Waals surface area (Å²) >= 11 is 0. The Hall–Kier alpha value is -1.46. The van der Waals surface area contributed by atoms with E-state index in [0.29, 0.717) is 5.95 Å². The van der Waals surface area contributed by atoms with Gasteiger partial charge < -0.3 is 0 Å². The molecule has 0 atom stereocenters. The van der Waals surface area contributed by atoms with Gasteiger partial charge in [0.25, 0.3) is 5.95 Å². The molecule has 0 bridgehead atoms. The molecule has 1 heterocycles. The van der Waals surface area contributed by atoms with Crippen LogP contribution in [-0.2, 0) is 11.8 Å². The molecule has 1 fully saturated rings. The van der Waals surface area contributed by atoms with E-state index in [9.17, 15) is 4.79 Å². The van der Waals surface area contributed by atoms with Crippen molar-refractivity contribution in [1.82, 2.24) is 20.2 Å². The zero-order chi connectivity index (χ0) is 9.97. The van der Waals surface area contributed by atoms with Gasteiger partial charge in [0.05, 0.1) is 7.05 Å². The standard InChI is InChI=1S/C8H13N5O/c1-13-11-8(10-12-13)9-7(14)6-4-2-3-5-6/h6H,2-5H2,1H3,(H,9,11,14). The Morgan fingerprint density at radius 2 is 2.21 bits per heavy atom. The molecule has 6 nitrogen and oxygen atoms in total. The van der Waals surface area contributed by atoms with Crippen LogP contribution in [0, 0.1) is 5.92 Å². The Kier molecular flexibility index (Phi) is 2.43. The SMILES string of the molecule is Cn1nnc(NC(=O)C2CCCC2)n1. The van der Waals surface area contributed by atoms with Gasteiger partial charge in [0.1, 0.15) is 0 Å². The molecular weight excluding hydrogens is 182 g/mol. The molecule has 0 unspecified atom stereocenters. The average Bonchev–Trinajstić information content (AvgIpc) is 2.75. The van der Waals surface area contributed by atoms with Gasteiger partial charge in [0, 0.05) is 5.92 Å². The highest BCUT2D eigenvalue weighted by atomic mass is 16.2. The maximum Gasteiger partial charge on any atom is 0.270 e. The lowest BCUT2D eigenvalue weighted by Gasteiger charge is -2.06. The topological polar surface area (TPSA) is 72.7 Å². The summed E-state index contributed by atoms with van der Waals surface area (Å²) in [5.41, 5.74) is 0. The van der Waals surface area contributed by atoms with Crippen molar-refractivity contribution in [3.63, 3.8) is 0 Å². The minimum atomic E-state index is 0.0236. The third kappa shape index (κ3) is 1.89. The van der Waals surface area contributed by atoms with Gasteiger partial charge in [-0.3, -0.25) is 10.1 Å². The molecule has 76 valence electrons. The lowest BCUT2D eigenvalue weighted by molar-refractivity contribution is -0.119. The van der Waals surface area contributed by atoms with Crippen LogP contribution in [0.2, 0.25) is 0 Å². The molecule has 0 radical (unpaired) electrons. The van der Waals surface area contributed by atoms with Crippen LogP contribution in [0.1, 0.15) is 25.7 Å². The number of nitrogens with zero attached hydrogens (tertiary/aromatic N) is 4. The van der Waals surface area contributed by atoms with E-state index in [1.807, 2.05) is 0 Å². The molecule has 1 N–H and O–H groups in total. The summed E-state index contributed by atoms with van der Waals surface area (Å²) in [4.78, 5) is 12.9. The number of anilines is 1.